The Morgan fingerprint density at radius 3 is 2.38 bits per heavy atom. The van der Waals surface area contributed by atoms with E-state index in [1.807, 2.05) is 0 Å². The van der Waals surface area contributed by atoms with Crippen LogP contribution in [0.3, 0.4) is 0 Å². The zero-order chi connectivity index (χ0) is 9.69. The summed E-state index contributed by atoms with van der Waals surface area (Å²) in [5.41, 5.74) is 1.13. The zero-order valence-electron chi connectivity index (χ0n) is 9.48. The van der Waals surface area contributed by atoms with Gasteiger partial charge < -0.3 is 5.32 Å². The van der Waals surface area contributed by atoms with Crippen molar-refractivity contribution in [2.45, 2.75) is 53.0 Å². The second-order valence-corrected chi connectivity index (χ2v) is 5.72. The van der Waals surface area contributed by atoms with Crippen LogP contribution < -0.4 is 5.32 Å². The van der Waals surface area contributed by atoms with Gasteiger partial charge in [-0.3, -0.25) is 0 Å². The van der Waals surface area contributed by atoms with Gasteiger partial charge >= 0.3 is 0 Å². The Bertz CT molecular complexity index is 209. The van der Waals surface area contributed by atoms with Crippen LogP contribution in [0.2, 0.25) is 0 Å². The van der Waals surface area contributed by atoms with Gasteiger partial charge in [-0.1, -0.05) is 27.7 Å². The Labute approximate surface area is 82.3 Å². The van der Waals surface area contributed by atoms with Crippen LogP contribution in [0.25, 0.3) is 0 Å². The highest BCUT2D eigenvalue weighted by Crippen LogP contribution is 2.65. The number of fused-ring (bicyclic) bond motifs is 2. The van der Waals surface area contributed by atoms with Crippen LogP contribution in [0.5, 0.6) is 0 Å². The number of nitrogens with one attached hydrogen (secondary N) is 1. The standard InChI is InChI=1S/C12H23N/c1-5-13-10-8-9-6-7-12(10,4)11(9,2)3/h9-10,13H,5-8H2,1-4H3/t9-,10+,12+/m1/s1. The molecule has 2 aliphatic rings. The second-order valence-electron chi connectivity index (χ2n) is 5.72. The van der Waals surface area contributed by atoms with Crippen molar-refractivity contribution in [3.05, 3.63) is 0 Å². The van der Waals surface area contributed by atoms with Gasteiger partial charge in [0, 0.05) is 6.04 Å². The Kier molecular flexibility index (Phi) is 1.99. The SMILES string of the molecule is CCN[C@H]1C[C@H]2CC[C@]1(C)C2(C)C. The molecule has 2 saturated carbocycles. The van der Waals surface area contributed by atoms with Gasteiger partial charge in [-0.15, -0.1) is 0 Å². The second kappa shape index (κ2) is 2.73. The summed E-state index contributed by atoms with van der Waals surface area (Å²) in [6.45, 7) is 10.8. The fraction of sp³-hybridized carbons (Fsp3) is 1.00. The fourth-order valence-electron chi connectivity index (χ4n) is 3.76. The van der Waals surface area contributed by atoms with E-state index in [1.165, 1.54) is 19.3 Å². The molecule has 0 saturated heterocycles. The molecule has 0 aliphatic heterocycles. The van der Waals surface area contributed by atoms with Gasteiger partial charge in [0.05, 0.1) is 0 Å². The molecular formula is C12H23N. The lowest BCUT2D eigenvalue weighted by molar-refractivity contribution is 0.122. The maximum absolute atomic E-state index is 3.67. The smallest absolute Gasteiger partial charge is 0.0129 e. The van der Waals surface area contributed by atoms with E-state index in [1.54, 1.807) is 0 Å². The minimum absolute atomic E-state index is 0.563. The molecule has 1 N–H and O–H groups in total. The lowest BCUT2D eigenvalue weighted by Crippen LogP contribution is -2.44. The van der Waals surface area contributed by atoms with E-state index < -0.39 is 0 Å². The topological polar surface area (TPSA) is 12.0 Å². The van der Waals surface area contributed by atoms with Crippen molar-refractivity contribution in [2.24, 2.45) is 16.7 Å². The molecule has 3 atom stereocenters. The zero-order valence-corrected chi connectivity index (χ0v) is 9.48. The molecule has 76 valence electrons. The summed E-state index contributed by atoms with van der Waals surface area (Å²) >= 11 is 0. The monoisotopic (exact) mass is 181 g/mol. The molecule has 0 amide bonds. The van der Waals surface area contributed by atoms with E-state index in [-0.39, 0.29) is 0 Å². The van der Waals surface area contributed by atoms with Crippen molar-refractivity contribution in [2.75, 3.05) is 6.54 Å². The predicted molar refractivity (Wildman–Crippen MR) is 56.7 cm³/mol. The molecule has 0 aromatic rings. The number of hydrogen-bond acceptors (Lipinski definition) is 1. The first-order valence-corrected chi connectivity index (χ1v) is 5.75. The molecule has 13 heavy (non-hydrogen) atoms. The van der Waals surface area contributed by atoms with Gasteiger partial charge in [0.1, 0.15) is 0 Å². The van der Waals surface area contributed by atoms with E-state index in [0.717, 1.165) is 18.5 Å². The third-order valence-electron chi connectivity index (χ3n) is 5.24. The van der Waals surface area contributed by atoms with Crippen molar-refractivity contribution in [1.82, 2.24) is 5.32 Å². The van der Waals surface area contributed by atoms with Crippen LogP contribution in [-0.2, 0) is 0 Å². The van der Waals surface area contributed by atoms with Crippen LogP contribution in [0, 0.1) is 16.7 Å². The van der Waals surface area contributed by atoms with Crippen LogP contribution in [-0.4, -0.2) is 12.6 Å². The van der Waals surface area contributed by atoms with E-state index in [2.05, 4.69) is 33.0 Å². The Hall–Kier alpha value is -0.0400. The quantitative estimate of drug-likeness (QED) is 0.690. The molecule has 0 radical (unpaired) electrons. The average Bonchev–Trinajstić information content (AvgIpc) is 2.37. The van der Waals surface area contributed by atoms with Gasteiger partial charge in [0.25, 0.3) is 0 Å². The predicted octanol–water partition coefficient (Wildman–Crippen LogP) is 2.81. The first kappa shape index (κ1) is 9.51. The molecule has 2 rings (SSSR count). The molecule has 0 unspecified atom stereocenters. The van der Waals surface area contributed by atoms with Crippen molar-refractivity contribution in [1.29, 1.82) is 0 Å². The maximum Gasteiger partial charge on any atom is 0.0129 e. The molecule has 2 bridgehead atoms. The normalized spacial score (nSPS) is 47.1. The van der Waals surface area contributed by atoms with Crippen LogP contribution in [0.15, 0.2) is 0 Å². The van der Waals surface area contributed by atoms with Gasteiger partial charge in [-0.05, 0) is 42.6 Å². The van der Waals surface area contributed by atoms with Gasteiger partial charge in [-0.25, -0.2) is 0 Å². The van der Waals surface area contributed by atoms with E-state index in [9.17, 15) is 0 Å². The minimum Gasteiger partial charge on any atom is -0.314 e. The molecule has 2 fully saturated rings. The molecule has 2 aliphatic carbocycles. The Morgan fingerprint density at radius 2 is 2.00 bits per heavy atom. The van der Waals surface area contributed by atoms with Crippen LogP contribution >= 0.6 is 0 Å². The largest absolute Gasteiger partial charge is 0.314 e. The summed E-state index contributed by atoms with van der Waals surface area (Å²) in [5.74, 6) is 0.974. The summed E-state index contributed by atoms with van der Waals surface area (Å²) in [7, 11) is 0. The average molecular weight is 181 g/mol. The summed E-state index contributed by atoms with van der Waals surface area (Å²) in [4.78, 5) is 0. The molecule has 0 aromatic carbocycles. The first-order chi connectivity index (χ1) is 6.02. The Balaban J connectivity index is 2.22. The Morgan fingerprint density at radius 1 is 1.31 bits per heavy atom. The van der Waals surface area contributed by atoms with Gasteiger partial charge in [0.2, 0.25) is 0 Å². The maximum atomic E-state index is 3.67. The molecule has 1 heteroatoms. The third kappa shape index (κ3) is 1.03. The molecule has 1 nitrogen and oxygen atoms in total. The van der Waals surface area contributed by atoms with Gasteiger partial charge in [0.15, 0.2) is 0 Å². The summed E-state index contributed by atoms with van der Waals surface area (Å²) in [6.07, 6.45) is 4.31. The third-order valence-corrected chi connectivity index (χ3v) is 5.24. The highest BCUT2D eigenvalue weighted by atomic mass is 15.0. The highest BCUT2D eigenvalue weighted by Gasteiger charge is 2.60. The number of hydrogen-bond donors (Lipinski definition) is 1. The number of rotatable bonds is 2. The summed E-state index contributed by atoms with van der Waals surface area (Å²) in [6, 6.07) is 0.784. The van der Waals surface area contributed by atoms with Crippen LogP contribution in [0.1, 0.15) is 47.0 Å². The molecule has 0 spiro atoms. The summed E-state index contributed by atoms with van der Waals surface area (Å²) in [5, 5.41) is 3.67. The molecule has 0 heterocycles. The van der Waals surface area contributed by atoms with E-state index in [0.29, 0.717) is 10.8 Å². The highest BCUT2D eigenvalue weighted by molar-refractivity contribution is 5.12. The molecule has 0 aromatic heterocycles. The van der Waals surface area contributed by atoms with Crippen molar-refractivity contribution in [3.8, 4) is 0 Å². The van der Waals surface area contributed by atoms with Crippen molar-refractivity contribution < 1.29 is 0 Å². The lowest BCUT2D eigenvalue weighted by atomic mass is 9.69. The molecular weight excluding hydrogens is 158 g/mol. The fourth-order valence-corrected chi connectivity index (χ4v) is 3.76. The van der Waals surface area contributed by atoms with Crippen molar-refractivity contribution in [3.63, 3.8) is 0 Å². The minimum atomic E-state index is 0.563. The van der Waals surface area contributed by atoms with Crippen LogP contribution in [0.4, 0.5) is 0 Å². The van der Waals surface area contributed by atoms with E-state index in [4.69, 9.17) is 0 Å². The lowest BCUT2D eigenvalue weighted by Gasteiger charge is -2.39. The van der Waals surface area contributed by atoms with Crippen molar-refractivity contribution >= 4 is 0 Å². The van der Waals surface area contributed by atoms with Gasteiger partial charge in [-0.2, -0.15) is 0 Å². The summed E-state index contributed by atoms with van der Waals surface area (Å²) < 4.78 is 0. The first-order valence-electron chi connectivity index (χ1n) is 5.75. The van der Waals surface area contributed by atoms with E-state index >= 15 is 0 Å².